The van der Waals surface area contributed by atoms with Crippen molar-refractivity contribution in [2.24, 2.45) is 5.73 Å². The molecular weight excluding hydrogens is 440 g/mol. The van der Waals surface area contributed by atoms with Gasteiger partial charge in [-0.25, -0.2) is 8.42 Å². The van der Waals surface area contributed by atoms with Crippen molar-refractivity contribution in [1.82, 2.24) is 10.2 Å². The van der Waals surface area contributed by atoms with Gasteiger partial charge in [0, 0.05) is 5.69 Å². The number of nitrogens with zero attached hydrogens (tertiary/aromatic N) is 3. The predicted octanol–water partition coefficient (Wildman–Crippen LogP) is 1.43. The third-order valence-electron chi connectivity index (χ3n) is 3.92. The number of nitrogens with two attached hydrogens (primary N) is 1. The summed E-state index contributed by atoms with van der Waals surface area (Å²) in [5, 5.41) is 7.97. The van der Waals surface area contributed by atoms with Gasteiger partial charge in [0.25, 0.3) is 0 Å². The van der Waals surface area contributed by atoms with Crippen LogP contribution < -0.4 is 10.6 Å². The van der Waals surface area contributed by atoms with Crippen molar-refractivity contribution in [3.8, 4) is 0 Å². The van der Waals surface area contributed by atoms with Crippen LogP contribution >= 0.6 is 34.9 Å². The molecular formula is C16H18N4O4S4. The van der Waals surface area contributed by atoms with Gasteiger partial charge in [-0.2, -0.15) is 0 Å². The van der Waals surface area contributed by atoms with Crippen LogP contribution in [0.1, 0.15) is 6.42 Å². The molecule has 1 atom stereocenters. The third kappa shape index (κ3) is 5.69. The molecule has 0 radical (unpaired) electrons. The van der Waals surface area contributed by atoms with E-state index in [-0.39, 0.29) is 35.0 Å². The van der Waals surface area contributed by atoms with Crippen molar-refractivity contribution in [3.63, 3.8) is 0 Å². The number of hydrogen-bond acceptors (Lipinski definition) is 9. The lowest BCUT2D eigenvalue weighted by Gasteiger charge is -2.28. The standard InChI is InChI=1S/C16H18N4O4S4/c17-13(21)8-25-15-18-19-16(27-15)26-9-14(22)20(11-4-2-1-3-5-11)12-6-7-28(23,24)10-12/h1-5,12H,6-10H2,(H2,17,21)/t12-/m1/s1. The molecule has 0 aliphatic carbocycles. The lowest BCUT2D eigenvalue weighted by molar-refractivity contribution is -0.117. The summed E-state index contributed by atoms with van der Waals surface area (Å²) >= 11 is 3.73. The minimum Gasteiger partial charge on any atom is -0.369 e. The van der Waals surface area contributed by atoms with Crippen LogP contribution in [0.4, 0.5) is 5.69 Å². The van der Waals surface area contributed by atoms with Crippen LogP contribution in [-0.2, 0) is 19.4 Å². The fraction of sp³-hybridized carbons (Fsp3) is 0.375. The number of carbonyl (C=O) groups excluding carboxylic acids is 2. The third-order valence-corrected chi connectivity index (χ3v) is 8.87. The summed E-state index contributed by atoms with van der Waals surface area (Å²) in [5.74, 6) is -0.311. The Morgan fingerprint density at radius 2 is 1.79 bits per heavy atom. The van der Waals surface area contributed by atoms with Crippen molar-refractivity contribution in [2.45, 2.75) is 21.1 Å². The van der Waals surface area contributed by atoms with Crippen molar-refractivity contribution < 1.29 is 18.0 Å². The van der Waals surface area contributed by atoms with E-state index >= 15 is 0 Å². The van der Waals surface area contributed by atoms with Crippen molar-refractivity contribution in [2.75, 3.05) is 27.9 Å². The van der Waals surface area contributed by atoms with Gasteiger partial charge in [0.1, 0.15) is 0 Å². The van der Waals surface area contributed by atoms with Crippen molar-refractivity contribution in [3.05, 3.63) is 30.3 Å². The molecule has 1 fully saturated rings. The Morgan fingerprint density at radius 3 is 2.36 bits per heavy atom. The van der Waals surface area contributed by atoms with E-state index in [4.69, 9.17) is 5.73 Å². The number of rotatable bonds is 8. The Bertz CT molecular complexity index is 949. The first-order valence-corrected chi connectivity index (χ1v) is 12.9. The number of anilines is 1. The number of carbonyl (C=O) groups is 2. The zero-order chi connectivity index (χ0) is 20.1. The summed E-state index contributed by atoms with van der Waals surface area (Å²) < 4.78 is 25.0. The lowest BCUT2D eigenvalue weighted by Crippen LogP contribution is -2.42. The Labute approximate surface area is 175 Å². The van der Waals surface area contributed by atoms with Crippen molar-refractivity contribution in [1.29, 1.82) is 0 Å². The summed E-state index contributed by atoms with van der Waals surface area (Å²) in [7, 11) is -3.12. The van der Waals surface area contributed by atoms with Crippen LogP contribution in [0, 0.1) is 0 Å². The average molecular weight is 459 g/mol. The van der Waals surface area contributed by atoms with E-state index < -0.39 is 15.7 Å². The largest absolute Gasteiger partial charge is 0.369 e. The van der Waals surface area contributed by atoms with Gasteiger partial charge in [0.15, 0.2) is 18.5 Å². The fourth-order valence-corrected chi connectivity index (χ4v) is 7.08. The molecule has 1 saturated heterocycles. The minimum absolute atomic E-state index is 0.0228. The number of aromatic nitrogens is 2. The highest BCUT2D eigenvalue weighted by Gasteiger charge is 2.35. The quantitative estimate of drug-likeness (QED) is 0.589. The molecule has 2 heterocycles. The molecule has 8 nitrogen and oxygen atoms in total. The molecule has 1 aliphatic heterocycles. The Balaban J connectivity index is 1.67. The first kappa shape index (κ1) is 21.1. The number of amides is 2. The molecule has 2 N–H and O–H groups in total. The van der Waals surface area contributed by atoms with Gasteiger partial charge in [-0.1, -0.05) is 53.1 Å². The molecule has 0 spiro atoms. The minimum atomic E-state index is -3.12. The smallest absolute Gasteiger partial charge is 0.237 e. The number of para-hydroxylation sites is 1. The van der Waals surface area contributed by atoms with Gasteiger partial charge in [0.05, 0.1) is 29.1 Å². The van der Waals surface area contributed by atoms with Crippen LogP contribution in [0.2, 0.25) is 0 Å². The topological polar surface area (TPSA) is 123 Å². The van der Waals surface area contributed by atoms with Crippen LogP contribution in [0.5, 0.6) is 0 Å². The lowest BCUT2D eigenvalue weighted by atomic mass is 10.2. The van der Waals surface area contributed by atoms with E-state index in [0.717, 1.165) is 0 Å². The zero-order valence-corrected chi connectivity index (χ0v) is 18.0. The number of thioether (sulfide) groups is 2. The Morgan fingerprint density at radius 1 is 1.14 bits per heavy atom. The van der Waals surface area contributed by atoms with E-state index in [9.17, 15) is 18.0 Å². The van der Waals surface area contributed by atoms with Gasteiger partial charge in [-0.15, -0.1) is 10.2 Å². The zero-order valence-electron chi connectivity index (χ0n) is 14.7. The highest BCUT2D eigenvalue weighted by Crippen LogP contribution is 2.30. The molecule has 3 rings (SSSR count). The summed E-state index contributed by atoms with van der Waals surface area (Å²) in [6.07, 6.45) is 0.431. The normalized spacial score (nSPS) is 18.1. The van der Waals surface area contributed by atoms with Gasteiger partial charge in [-0.3, -0.25) is 9.59 Å². The highest BCUT2D eigenvalue weighted by atomic mass is 32.2. The Kier molecular flexibility index (Phi) is 6.96. The second-order valence-corrected chi connectivity index (χ2v) is 11.7. The molecule has 0 unspecified atom stereocenters. The van der Waals surface area contributed by atoms with Gasteiger partial charge >= 0.3 is 0 Å². The number of benzene rings is 1. The molecule has 2 aromatic rings. The maximum absolute atomic E-state index is 12.9. The molecule has 0 saturated carbocycles. The number of sulfone groups is 1. The fourth-order valence-electron chi connectivity index (χ4n) is 2.77. The molecule has 1 aliphatic rings. The van der Waals surface area contributed by atoms with Crippen LogP contribution in [0.3, 0.4) is 0 Å². The SMILES string of the molecule is NC(=O)CSc1nnc(SCC(=O)N(c2ccccc2)[C@@H]2CCS(=O)(=O)C2)s1. The molecule has 12 heteroatoms. The number of hydrogen-bond donors (Lipinski definition) is 1. The van der Waals surface area contributed by atoms with E-state index in [1.807, 2.05) is 18.2 Å². The Hall–Kier alpha value is -1.63. The summed E-state index contributed by atoms with van der Waals surface area (Å²) in [6.45, 7) is 0. The number of primary amides is 1. The summed E-state index contributed by atoms with van der Waals surface area (Å²) in [5.41, 5.74) is 5.80. The monoisotopic (exact) mass is 458 g/mol. The van der Waals surface area contributed by atoms with E-state index in [1.54, 1.807) is 17.0 Å². The van der Waals surface area contributed by atoms with Gasteiger partial charge in [-0.05, 0) is 18.6 Å². The molecule has 0 bridgehead atoms. The second-order valence-electron chi connectivity index (χ2n) is 6.03. The van der Waals surface area contributed by atoms with E-state index in [2.05, 4.69) is 10.2 Å². The van der Waals surface area contributed by atoms with Crippen molar-refractivity contribution >= 4 is 62.2 Å². The molecule has 150 valence electrons. The van der Waals surface area contributed by atoms with E-state index in [0.29, 0.717) is 20.8 Å². The second kappa shape index (κ2) is 9.25. The molecule has 1 aromatic carbocycles. The molecule has 28 heavy (non-hydrogen) atoms. The van der Waals surface area contributed by atoms with Crippen LogP contribution in [0.15, 0.2) is 39.0 Å². The summed E-state index contributed by atoms with van der Waals surface area (Å²) in [4.78, 5) is 25.4. The van der Waals surface area contributed by atoms with E-state index in [1.165, 1.54) is 34.9 Å². The summed E-state index contributed by atoms with van der Waals surface area (Å²) in [6, 6.07) is 8.72. The first-order chi connectivity index (χ1) is 13.3. The average Bonchev–Trinajstić information content (AvgIpc) is 3.25. The first-order valence-electron chi connectivity index (χ1n) is 8.29. The predicted molar refractivity (Wildman–Crippen MR) is 112 cm³/mol. The van der Waals surface area contributed by atoms with Crippen LogP contribution in [0.25, 0.3) is 0 Å². The van der Waals surface area contributed by atoms with Gasteiger partial charge < -0.3 is 10.6 Å². The maximum Gasteiger partial charge on any atom is 0.237 e. The molecule has 1 aromatic heterocycles. The highest BCUT2D eigenvalue weighted by molar-refractivity contribution is 8.03. The maximum atomic E-state index is 12.9. The molecule has 2 amide bonds. The van der Waals surface area contributed by atoms with Gasteiger partial charge in [0.2, 0.25) is 11.8 Å². The van der Waals surface area contributed by atoms with Crippen LogP contribution in [-0.4, -0.2) is 59.5 Å².